The summed E-state index contributed by atoms with van der Waals surface area (Å²) in [6.07, 6.45) is 0.930. The third-order valence-corrected chi connectivity index (χ3v) is 5.56. The van der Waals surface area contributed by atoms with Crippen molar-refractivity contribution in [1.82, 2.24) is 10.2 Å². The Labute approximate surface area is 134 Å². The van der Waals surface area contributed by atoms with E-state index in [2.05, 4.69) is 10.2 Å². The van der Waals surface area contributed by atoms with Crippen LogP contribution in [0.25, 0.3) is 0 Å². The standard InChI is InChI=1S/C16H18Cl2N2O/c17-12-1-9(2-13(18)3-12)14-4-15(14)16(21)20-7-10-5-19-6-11(10)8-20/h1-3,10-11,14-15,19H,4-8H2/t10-,11+,14?,15?. The summed E-state index contributed by atoms with van der Waals surface area (Å²) in [7, 11) is 0. The van der Waals surface area contributed by atoms with E-state index in [0.29, 0.717) is 33.7 Å². The van der Waals surface area contributed by atoms with Gasteiger partial charge in [0.1, 0.15) is 0 Å². The zero-order valence-electron chi connectivity index (χ0n) is 11.7. The molecule has 3 aliphatic rings. The smallest absolute Gasteiger partial charge is 0.226 e. The Hall–Kier alpha value is -0.770. The number of rotatable bonds is 2. The highest BCUT2D eigenvalue weighted by atomic mass is 35.5. The zero-order chi connectivity index (χ0) is 14.6. The maximum Gasteiger partial charge on any atom is 0.226 e. The Morgan fingerprint density at radius 1 is 1.10 bits per heavy atom. The molecule has 1 aliphatic carbocycles. The lowest BCUT2D eigenvalue weighted by atomic mass is 10.0. The molecule has 2 aliphatic heterocycles. The van der Waals surface area contributed by atoms with Crippen LogP contribution in [0.1, 0.15) is 17.9 Å². The van der Waals surface area contributed by atoms with Gasteiger partial charge in [-0.05, 0) is 47.9 Å². The first kappa shape index (κ1) is 13.9. The summed E-state index contributed by atoms with van der Waals surface area (Å²) >= 11 is 12.1. The lowest BCUT2D eigenvalue weighted by Gasteiger charge is -2.17. The van der Waals surface area contributed by atoms with Crippen LogP contribution in [0.5, 0.6) is 0 Å². The molecule has 0 aromatic heterocycles. The molecule has 4 rings (SSSR count). The van der Waals surface area contributed by atoms with E-state index in [4.69, 9.17) is 23.2 Å². The Morgan fingerprint density at radius 2 is 1.71 bits per heavy atom. The number of nitrogens with one attached hydrogen (secondary N) is 1. The number of halogens is 2. The average molecular weight is 325 g/mol. The third kappa shape index (κ3) is 2.56. The van der Waals surface area contributed by atoms with Crippen molar-refractivity contribution in [3.05, 3.63) is 33.8 Å². The summed E-state index contributed by atoms with van der Waals surface area (Å²) in [6, 6.07) is 5.61. The molecule has 1 amide bonds. The molecule has 1 aromatic carbocycles. The number of likely N-dealkylation sites (tertiary alicyclic amines) is 1. The molecule has 2 unspecified atom stereocenters. The summed E-state index contributed by atoms with van der Waals surface area (Å²) < 4.78 is 0. The molecule has 1 aromatic rings. The first-order valence-electron chi connectivity index (χ1n) is 7.57. The van der Waals surface area contributed by atoms with Crippen molar-refractivity contribution in [2.45, 2.75) is 12.3 Å². The minimum absolute atomic E-state index is 0.131. The second-order valence-corrected chi connectivity index (χ2v) is 7.45. The fraction of sp³-hybridized carbons (Fsp3) is 0.562. The number of hydrogen-bond acceptors (Lipinski definition) is 2. The van der Waals surface area contributed by atoms with Crippen LogP contribution in [-0.2, 0) is 4.79 Å². The summed E-state index contributed by atoms with van der Waals surface area (Å²) in [4.78, 5) is 14.7. The van der Waals surface area contributed by atoms with Crippen molar-refractivity contribution < 1.29 is 4.79 Å². The number of carbonyl (C=O) groups is 1. The van der Waals surface area contributed by atoms with E-state index >= 15 is 0 Å². The second-order valence-electron chi connectivity index (χ2n) is 6.57. The summed E-state index contributed by atoms with van der Waals surface area (Å²) in [5, 5.41) is 4.71. The number of nitrogens with zero attached hydrogens (tertiary/aromatic N) is 1. The second kappa shape index (κ2) is 5.15. The van der Waals surface area contributed by atoms with Gasteiger partial charge in [0.05, 0.1) is 0 Å². The molecule has 21 heavy (non-hydrogen) atoms. The molecule has 112 valence electrons. The molecule has 3 nitrogen and oxygen atoms in total. The maximum atomic E-state index is 12.6. The normalized spacial score (nSPS) is 34.1. The fourth-order valence-electron chi connectivity index (χ4n) is 3.90. The van der Waals surface area contributed by atoms with Crippen molar-refractivity contribution in [3.8, 4) is 0 Å². The van der Waals surface area contributed by atoms with Crippen molar-refractivity contribution in [3.63, 3.8) is 0 Å². The van der Waals surface area contributed by atoms with Crippen LogP contribution in [0, 0.1) is 17.8 Å². The lowest BCUT2D eigenvalue weighted by molar-refractivity contribution is -0.131. The highest BCUT2D eigenvalue weighted by Crippen LogP contribution is 2.50. The number of hydrogen-bond donors (Lipinski definition) is 1. The first-order valence-corrected chi connectivity index (χ1v) is 8.33. The first-order chi connectivity index (χ1) is 10.1. The third-order valence-electron chi connectivity index (χ3n) is 5.12. The van der Waals surface area contributed by atoms with Gasteiger partial charge in [0.25, 0.3) is 0 Å². The molecular weight excluding hydrogens is 307 g/mol. The van der Waals surface area contributed by atoms with E-state index in [-0.39, 0.29) is 5.92 Å². The van der Waals surface area contributed by atoms with Crippen LogP contribution in [0.15, 0.2) is 18.2 Å². The molecule has 0 bridgehead atoms. The molecule has 1 saturated carbocycles. The van der Waals surface area contributed by atoms with Crippen LogP contribution in [0.4, 0.5) is 0 Å². The van der Waals surface area contributed by atoms with Gasteiger partial charge in [0, 0.05) is 42.1 Å². The van der Waals surface area contributed by atoms with Crippen molar-refractivity contribution >= 4 is 29.1 Å². The topological polar surface area (TPSA) is 32.3 Å². The van der Waals surface area contributed by atoms with Gasteiger partial charge < -0.3 is 10.2 Å². The van der Waals surface area contributed by atoms with Gasteiger partial charge in [-0.2, -0.15) is 0 Å². The predicted molar refractivity (Wildman–Crippen MR) is 83.7 cm³/mol. The Morgan fingerprint density at radius 3 is 2.33 bits per heavy atom. The SMILES string of the molecule is O=C(C1CC1c1cc(Cl)cc(Cl)c1)N1C[C@H]2CNC[C@H]2C1. The average Bonchev–Trinajstić information content (AvgIpc) is 2.93. The van der Waals surface area contributed by atoms with Crippen LogP contribution >= 0.6 is 23.2 Å². The molecule has 3 fully saturated rings. The summed E-state index contributed by atoms with van der Waals surface area (Å²) in [5.41, 5.74) is 1.10. The van der Waals surface area contributed by atoms with Crippen molar-refractivity contribution in [1.29, 1.82) is 0 Å². The largest absolute Gasteiger partial charge is 0.342 e. The van der Waals surface area contributed by atoms with Gasteiger partial charge in [-0.15, -0.1) is 0 Å². The Bertz CT molecular complexity index is 559. The van der Waals surface area contributed by atoms with E-state index in [1.165, 1.54) is 0 Å². The highest BCUT2D eigenvalue weighted by molar-refractivity contribution is 6.34. The zero-order valence-corrected chi connectivity index (χ0v) is 13.2. The van der Waals surface area contributed by atoms with Crippen molar-refractivity contribution in [2.24, 2.45) is 17.8 Å². The quantitative estimate of drug-likeness (QED) is 0.907. The minimum Gasteiger partial charge on any atom is -0.342 e. The maximum absolute atomic E-state index is 12.6. The molecular formula is C16H18Cl2N2O. The van der Waals surface area contributed by atoms with Crippen LogP contribution in [0.2, 0.25) is 10.0 Å². The molecule has 2 heterocycles. The van der Waals surface area contributed by atoms with E-state index in [1.807, 2.05) is 12.1 Å². The molecule has 0 radical (unpaired) electrons. The minimum atomic E-state index is 0.131. The molecule has 1 N–H and O–H groups in total. The van der Waals surface area contributed by atoms with E-state index < -0.39 is 0 Å². The van der Waals surface area contributed by atoms with E-state index in [9.17, 15) is 4.79 Å². The molecule has 5 heteroatoms. The fourth-order valence-corrected chi connectivity index (χ4v) is 4.44. The van der Waals surface area contributed by atoms with Gasteiger partial charge in [-0.1, -0.05) is 23.2 Å². The van der Waals surface area contributed by atoms with Gasteiger partial charge in [0.2, 0.25) is 5.91 Å². The number of benzene rings is 1. The highest BCUT2D eigenvalue weighted by Gasteiger charge is 2.48. The Balaban J connectivity index is 1.43. The monoisotopic (exact) mass is 324 g/mol. The van der Waals surface area contributed by atoms with Crippen LogP contribution in [0.3, 0.4) is 0 Å². The Kier molecular flexibility index (Phi) is 3.40. The van der Waals surface area contributed by atoms with Crippen LogP contribution < -0.4 is 5.32 Å². The van der Waals surface area contributed by atoms with E-state index in [0.717, 1.165) is 38.2 Å². The molecule has 2 saturated heterocycles. The van der Waals surface area contributed by atoms with Gasteiger partial charge >= 0.3 is 0 Å². The number of amides is 1. The summed E-state index contributed by atoms with van der Waals surface area (Å²) in [6.45, 7) is 3.98. The van der Waals surface area contributed by atoms with E-state index in [1.54, 1.807) is 6.07 Å². The predicted octanol–water partition coefficient (Wildman–Crippen LogP) is 2.77. The number of fused-ring (bicyclic) bond motifs is 1. The lowest BCUT2D eigenvalue weighted by Crippen LogP contribution is -2.33. The summed E-state index contributed by atoms with van der Waals surface area (Å²) in [5.74, 6) is 2.07. The van der Waals surface area contributed by atoms with Gasteiger partial charge in [-0.3, -0.25) is 4.79 Å². The molecule has 0 spiro atoms. The van der Waals surface area contributed by atoms with Crippen LogP contribution in [-0.4, -0.2) is 37.0 Å². The van der Waals surface area contributed by atoms with Crippen molar-refractivity contribution in [2.75, 3.05) is 26.2 Å². The molecule has 4 atom stereocenters. The van der Waals surface area contributed by atoms with Gasteiger partial charge in [-0.25, -0.2) is 0 Å². The van der Waals surface area contributed by atoms with Gasteiger partial charge in [0.15, 0.2) is 0 Å². The number of carbonyl (C=O) groups excluding carboxylic acids is 1.